The molecule has 0 aliphatic rings. The summed E-state index contributed by atoms with van der Waals surface area (Å²) in [4.78, 5) is 0. The molecule has 0 aromatic rings. The topological polar surface area (TPSA) is 35.8 Å². The van der Waals surface area contributed by atoms with E-state index in [1.807, 2.05) is 0 Å². The molecule has 9 heavy (non-hydrogen) atoms. The Morgan fingerprint density at radius 2 is 2.44 bits per heavy atom. The highest BCUT2D eigenvalue weighted by Gasteiger charge is 1.78. The molecule has 0 saturated carbocycles. The third-order valence-electron chi connectivity index (χ3n) is 0.612. The van der Waals surface area contributed by atoms with Crippen LogP contribution in [0.1, 0.15) is 0 Å². The Bertz CT molecular complexity index is 164. The Kier molecular flexibility index (Phi) is 4.66. The van der Waals surface area contributed by atoms with Crippen molar-refractivity contribution in [2.45, 2.75) is 0 Å². The molecule has 0 fully saturated rings. The Morgan fingerprint density at radius 3 is 2.89 bits per heavy atom. The summed E-state index contributed by atoms with van der Waals surface area (Å²) in [5.41, 5.74) is 0. The number of nitrogens with one attached hydrogen (secondary N) is 1. The lowest BCUT2D eigenvalue weighted by Crippen LogP contribution is -1.90. The minimum Gasteiger partial charge on any atom is -0.394 e. The lowest BCUT2D eigenvalue weighted by Gasteiger charge is -1.83. The van der Waals surface area contributed by atoms with Gasteiger partial charge >= 0.3 is 0 Å². The second-order valence-corrected chi connectivity index (χ2v) is 1.72. The third kappa shape index (κ3) is 4.92. The van der Waals surface area contributed by atoms with Crippen molar-refractivity contribution in [3.63, 3.8) is 0 Å². The van der Waals surface area contributed by atoms with Gasteiger partial charge < -0.3 is 5.32 Å². The van der Waals surface area contributed by atoms with Crippen LogP contribution in [0.5, 0.6) is 0 Å². The van der Waals surface area contributed by atoms with Crippen molar-refractivity contribution in [1.29, 1.82) is 5.26 Å². The molecule has 48 valence electrons. The number of allylic oxidation sites excluding steroid dienone is 3. The maximum absolute atomic E-state index is 8.07. The van der Waals surface area contributed by atoms with Gasteiger partial charge in [0.1, 0.15) is 0 Å². The van der Waals surface area contributed by atoms with Crippen molar-refractivity contribution in [3.8, 4) is 6.07 Å². The van der Waals surface area contributed by atoms with E-state index in [-0.39, 0.29) is 0 Å². The van der Waals surface area contributed by atoms with Crippen LogP contribution in [0.25, 0.3) is 0 Å². The Morgan fingerprint density at radius 1 is 1.78 bits per heavy atom. The maximum atomic E-state index is 8.07. The highest BCUT2D eigenvalue weighted by atomic mass is 35.5. The average molecular weight is 143 g/mol. The molecule has 0 unspecified atom stereocenters. The van der Waals surface area contributed by atoms with E-state index in [0.717, 1.165) is 0 Å². The molecule has 3 heteroatoms. The molecule has 0 aliphatic heterocycles. The maximum Gasteiger partial charge on any atom is 0.0927 e. The van der Waals surface area contributed by atoms with Gasteiger partial charge in [0.2, 0.25) is 0 Å². The number of hydrogen-bond donors (Lipinski definition) is 1. The summed E-state index contributed by atoms with van der Waals surface area (Å²) in [6.07, 6.45) is 4.51. The van der Waals surface area contributed by atoms with Gasteiger partial charge in [-0.25, -0.2) is 0 Å². The first kappa shape index (κ1) is 8.06. The van der Waals surface area contributed by atoms with Crippen LogP contribution in [0.15, 0.2) is 23.4 Å². The quantitative estimate of drug-likeness (QED) is 0.467. The first-order valence-corrected chi connectivity index (χ1v) is 2.78. The molecule has 0 bridgehead atoms. The van der Waals surface area contributed by atoms with Crippen molar-refractivity contribution in [2.75, 3.05) is 7.05 Å². The van der Waals surface area contributed by atoms with Crippen LogP contribution in [0.4, 0.5) is 0 Å². The van der Waals surface area contributed by atoms with Crippen molar-refractivity contribution in [3.05, 3.63) is 23.4 Å². The molecule has 0 saturated heterocycles. The van der Waals surface area contributed by atoms with Gasteiger partial charge in [0.15, 0.2) is 0 Å². The van der Waals surface area contributed by atoms with E-state index in [0.29, 0.717) is 5.03 Å². The summed E-state index contributed by atoms with van der Waals surface area (Å²) < 4.78 is 0. The molecule has 0 radical (unpaired) electrons. The standard InChI is InChI=1S/C6H7ClN2/c1-9-5-3-6(7)2-4-8/h2-3,5,9H,1H3/b5-3+,6-2+. The summed E-state index contributed by atoms with van der Waals surface area (Å²) in [5.74, 6) is 0. The highest BCUT2D eigenvalue weighted by molar-refractivity contribution is 6.31. The van der Waals surface area contributed by atoms with Gasteiger partial charge in [-0.1, -0.05) is 11.6 Å². The molecule has 0 heterocycles. The van der Waals surface area contributed by atoms with E-state index in [4.69, 9.17) is 16.9 Å². The summed E-state index contributed by atoms with van der Waals surface area (Å²) in [5, 5.41) is 11.2. The molecule has 0 aromatic heterocycles. The zero-order valence-electron chi connectivity index (χ0n) is 5.06. The Labute approximate surface area is 59.4 Å². The van der Waals surface area contributed by atoms with E-state index in [1.54, 1.807) is 25.4 Å². The summed E-state index contributed by atoms with van der Waals surface area (Å²) in [6, 6.07) is 1.80. The number of hydrogen-bond acceptors (Lipinski definition) is 2. The number of rotatable bonds is 2. The van der Waals surface area contributed by atoms with Crippen molar-refractivity contribution in [2.24, 2.45) is 0 Å². The van der Waals surface area contributed by atoms with Gasteiger partial charge in [0.05, 0.1) is 11.1 Å². The zero-order valence-corrected chi connectivity index (χ0v) is 5.81. The first-order chi connectivity index (χ1) is 4.31. The number of nitriles is 1. The molecular formula is C6H7ClN2. The van der Waals surface area contributed by atoms with Crippen LogP contribution in [0, 0.1) is 11.3 Å². The normalized spacial score (nSPS) is 11.4. The van der Waals surface area contributed by atoms with Gasteiger partial charge in [-0.3, -0.25) is 0 Å². The first-order valence-electron chi connectivity index (χ1n) is 2.40. The lowest BCUT2D eigenvalue weighted by atomic mass is 10.5. The summed E-state index contributed by atoms with van der Waals surface area (Å²) >= 11 is 5.47. The third-order valence-corrected chi connectivity index (χ3v) is 0.847. The smallest absolute Gasteiger partial charge is 0.0927 e. The fourth-order valence-corrected chi connectivity index (χ4v) is 0.385. The molecule has 1 N–H and O–H groups in total. The predicted octanol–water partition coefficient (Wildman–Crippen LogP) is 1.37. The molecule has 0 spiro atoms. The van der Waals surface area contributed by atoms with E-state index in [2.05, 4.69) is 5.32 Å². The second-order valence-electron chi connectivity index (χ2n) is 1.28. The fraction of sp³-hybridized carbons (Fsp3) is 0.167. The van der Waals surface area contributed by atoms with Crippen LogP contribution in [0.3, 0.4) is 0 Å². The molecule has 0 amide bonds. The Hall–Kier alpha value is -0.940. The van der Waals surface area contributed by atoms with Crippen LogP contribution in [0.2, 0.25) is 0 Å². The van der Waals surface area contributed by atoms with Crippen LogP contribution in [-0.4, -0.2) is 7.05 Å². The Balaban J connectivity index is 3.79. The van der Waals surface area contributed by atoms with E-state index >= 15 is 0 Å². The predicted molar refractivity (Wildman–Crippen MR) is 37.7 cm³/mol. The van der Waals surface area contributed by atoms with Crippen LogP contribution in [-0.2, 0) is 0 Å². The minimum atomic E-state index is 0.423. The SMILES string of the molecule is CN/C=C/C(Cl)=C\C#N. The van der Waals surface area contributed by atoms with Crippen molar-refractivity contribution < 1.29 is 0 Å². The summed E-state index contributed by atoms with van der Waals surface area (Å²) in [6.45, 7) is 0. The van der Waals surface area contributed by atoms with Crippen molar-refractivity contribution >= 4 is 11.6 Å². The van der Waals surface area contributed by atoms with Gasteiger partial charge in [0, 0.05) is 13.1 Å². The van der Waals surface area contributed by atoms with Gasteiger partial charge in [-0.05, 0) is 12.3 Å². The van der Waals surface area contributed by atoms with E-state index < -0.39 is 0 Å². The minimum absolute atomic E-state index is 0.423. The van der Waals surface area contributed by atoms with E-state index in [9.17, 15) is 0 Å². The van der Waals surface area contributed by atoms with Gasteiger partial charge in [-0.15, -0.1) is 0 Å². The molecule has 0 rings (SSSR count). The van der Waals surface area contributed by atoms with Gasteiger partial charge in [-0.2, -0.15) is 5.26 Å². The zero-order chi connectivity index (χ0) is 7.11. The molecule has 0 aromatic carbocycles. The molecule has 0 atom stereocenters. The molecule has 0 aliphatic carbocycles. The van der Waals surface area contributed by atoms with Crippen LogP contribution >= 0.6 is 11.6 Å². The average Bonchev–Trinajstić information content (AvgIpc) is 1.85. The largest absolute Gasteiger partial charge is 0.394 e. The highest BCUT2D eigenvalue weighted by Crippen LogP contribution is 1.99. The molecular weight excluding hydrogens is 136 g/mol. The fourth-order valence-electron chi connectivity index (χ4n) is 0.273. The van der Waals surface area contributed by atoms with Crippen molar-refractivity contribution in [1.82, 2.24) is 5.32 Å². The number of nitrogens with zero attached hydrogens (tertiary/aromatic N) is 1. The van der Waals surface area contributed by atoms with E-state index in [1.165, 1.54) is 6.08 Å². The number of halogens is 1. The van der Waals surface area contributed by atoms with Crippen LogP contribution < -0.4 is 5.32 Å². The van der Waals surface area contributed by atoms with Gasteiger partial charge in [0.25, 0.3) is 0 Å². The lowest BCUT2D eigenvalue weighted by molar-refractivity contribution is 1.10. The molecule has 2 nitrogen and oxygen atoms in total. The second kappa shape index (κ2) is 5.20. The summed E-state index contributed by atoms with van der Waals surface area (Å²) in [7, 11) is 1.76. The monoisotopic (exact) mass is 142 g/mol.